The highest BCUT2D eigenvalue weighted by molar-refractivity contribution is 5.57. The third-order valence-corrected chi connectivity index (χ3v) is 7.34. The summed E-state index contributed by atoms with van der Waals surface area (Å²) in [5, 5.41) is 0. The lowest BCUT2D eigenvalue weighted by atomic mass is 10.1. The zero-order valence-corrected chi connectivity index (χ0v) is 25.0. The van der Waals surface area contributed by atoms with Crippen molar-refractivity contribution in [2.75, 3.05) is 13.2 Å². The van der Waals surface area contributed by atoms with Crippen molar-refractivity contribution < 1.29 is 13.9 Å². The quantitative estimate of drug-likeness (QED) is 0.117. The third-order valence-electron chi connectivity index (χ3n) is 7.34. The summed E-state index contributed by atoms with van der Waals surface area (Å²) in [5.41, 5.74) is 0.377. The number of ether oxygens (including phenoxy) is 2. The molecule has 1 aromatic heterocycles. The first kappa shape index (κ1) is 33.0. The van der Waals surface area contributed by atoms with Gasteiger partial charge in [0, 0.05) is 6.07 Å². The molecule has 0 saturated carbocycles. The Morgan fingerprint density at radius 3 is 1.38 bits per heavy atom. The van der Waals surface area contributed by atoms with E-state index in [1.165, 1.54) is 115 Å². The summed E-state index contributed by atoms with van der Waals surface area (Å²) < 4.78 is 26.3. The number of hydrogen-bond acceptors (Lipinski definition) is 4. The molecule has 5 heteroatoms. The van der Waals surface area contributed by atoms with Crippen molar-refractivity contribution >= 4 is 0 Å². The first-order chi connectivity index (χ1) is 19.2. The monoisotopic (exact) mass is 542 g/mol. The van der Waals surface area contributed by atoms with Gasteiger partial charge >= 0.3 is 0 Å². The number of rotatable bonds is 25. The highest BCUT2D eigenvalue weighted by atomic mass is 19.1. The van der Waals surface area contributed by atoms with Gasteiger partial charge in [-0.1, -0.05) is 129 Å². The molecule has 0 spiro atoms. The first-order valence-electron chi connectivity index (χ1n) is 16.1. The second-order valence-electron chi connectivity index (χ2n) is 10.9. The largest absolute Gasteiger partial charge is 0.493 e. The molecule has 0 radical (unpaired) electrons. The fourth-order valence-corrected chi connectivity index (χ4v) is 4.86. The molecule has 2 aromatic rings. The van der Waals surface area contributed by atoms with E-state index in [2.05, 4.69) is 23.8 Å². The van der Waals surface area contributed by atoms with Crippen LogP contribution in [0.25, 0.3) is 11.4 Å². The number of halogens is 1. The molecule has 1 heterocycles. The van der Waals surface area contributed by atoms with Crippen molar-refractivity contribution in [2.45, 2.75) is 142 Å². The van der Waals surface area contributed by atoms with E-state index >= 15 is 0 Å². The van der Waals surface area contributed by atoms with Gasteiger partial charge in [0.25, 0.3) is 0 Å². The van der Waals surface area contributed by atoms with Crippen LogP contribution in [-0.2, 0) is 0 Å². The number of nitrogens with zero attached hydrogens (tertiary/aromatic N) is 2. The molecule has 0 N–H and O–H groups in total. The first-order valence-corrected chi connectivity index (χ1v) is 16.1. The minimum absolute atomic E-state index is 0.361. The average molecular weight is 543 g/mol. The van der Waals surface area contributed by atoms with Crippen molar-refractivity contribution in [3.05, 3.63) is 36.4 Å². The van der Waals surface area contributed by atoms with Crippen LogP contribution in [0.5, 0.6) is 11.5 Å². The van der Waals surface area contributed by atoms with Crippen molar-refractivity contribution in [3.8, 4) is 22.9 Å². The molecule has 0 aliphatic heterocycles. The van der Waals surface area contributed by atoms with Crippen molar-refractivity contribution in [1.29, 1.82) is 0 Å². The van der Waals surface area contributed by atoms with Crippen LogP contribution in [0.1, 0.15) is 142 Å². The van der Waals surface area contributed by atoms with E-state index in [4.69, 9.17) is 9.47 Å². The predicted molar refractivity (Wildman–Crippen MR) is 162 cm³/mol. The molecule has 0 unspecified atom stereocenters. The highest BCUT2D eigenvalue weighted by Gasteiger charge is 2.10. The molecule has 0 aliphatic carbocycles. The molecule has 0 bridgehead atoms. The maximum atomic E-state index is 14.7. The summed E-state index contributed by atoms with van der Waals surface area (Å²) in [6, 6.07) is 4.93. The zero-order chi connectivity index (χ0) is 27.8. The van der Waals surface area contributed by atoms with Gasteiger partial charge in [0.05, 0.1) is 31.2 Å². The summed E-state index contributed by atoms with van der Waals surface area (Å²) in [5.74, 6) is 1.18. The summed E-state index contributed by atoms with van der Waals surface area (Å²) in [6.45, 7) is 5.81. The van der Waals surface area contributed by atoms with Gasteiger partial charge in [-0.3, -0.25) is 0 Å². The standard InChI is InChI=1S/C34H55FN2O2/c1-3-5-7-9-11-13-15-17-19-21-25-38-30-23-24-32(33(35)27-30)34-36-28-31(29-37-34)39-26-22-20-18-16-14-12-10-8-6-4-2/h23-24,27-29H,3-22,25-26H2,1-2H3. The van der Waals surface area contributed by atoms with Gasteiger partial charge in [0.2, 0.25) is 0 Å². The summed E-state index contributed by atoms with van der Waals surface area (Å²) >= 11 is 0. The van der Waals surface area contributed by atoms with Crippen LogP contribution in [0.2, 0.25) is 0 Å². The summed E-state index contributed by atoms with van der Waals surface area (Å²) in [4.78, 5) is 8.65. The van der Waals surface area contributed by atoms with E-state index in [0.29, 0.717) is 36.1 Å². The van der Waals surface area contributed by atoms with Gasteiger partial charge in [0.15, 0.2) is 11.6 Å². The van der Waals surface area contributed by atoms with Crippen LogP contribution in [-0.4, -0.2) is 23.2 Å². The van der Waals surface area contributed by atoms with E-state index in [-0.39, 0.29) is 5.82 Å². The van der Waals surface area contributed by atoms with Gasteiger partial charge in [-0.25, -0.2) is 14.4 Å². The number of hydrogen-bond donors (Lipinski definition) is 0. The fourth-order valence-electron chi connectivity index (χ4n) is 4.86. The molecule has 0 fully saturated rings. The SMILES string of the molecule is CCCCCCCCCCCCOc1cnc(-c2ccc(OCCCCCCCCCCCC)cc2F)nc1. The Balaban J connectivity index is 1.56. The van der Waals surface area contributed by atoms with Gasteiger partial charge < -0.3 is 9.47 Å². The molecule has 0 saturated heterocycles. The molecule has 4 nitrogen and oxygen atoms in total. The van der Waals surface area contributed by atoms with E-state index < -0.39 is 0 Å². The Labute approximate surface area is 238 Å². The maximum Gasteiger partial charge on any atom is 0.162 e. The van der Waals surface area contributed by atoms with Crippen LogP contribution in [0.3, 0.4) is 0 Å². The molecule has 1 aromatic carbocycles. The second kappa shape index (κ2) is 22.6. The lowest BCUT2D eigenvalue weighted by Crippen LogP contribution is -2.00. The molecule has 39 heavy (non-hydrogen) atoms. The van der Waals surface area contributed by atoms with Crippen molar-refractivity contribution in [1.82, 2.24) is 9.97 Å². The van der Waals surface area contributed by atoms with E-state index in [1.54, 1.807) is 24.5 Å². The Bertz CT molecular complexity index is 844. The van der Waals surface area contributed by atoms with Crippen molar-refractivity contribution in [3.63, 3.8) is 0 Å². The lowest BCUT2D eigenvalue weighted by molar-refractivity contribution is 0.301. The van der Waals surface area contributed by atoms with E-state index in [0.717, 1.165) is 19.3 Å². The third kappa shape index (κ3) is 15.9. The van der Waals surface area contributed by atoms with Gasteiger partial charge in [-0.15, -0.1) is 0 Å². The maximum absolute atomic E-state index is 14.7. The average Bonchev–Trinajstić information content (AvgIpc) is 2.95. The van der Waals surface area contributed by atoms with Crippen LogP contribution >= 0.6 is 0 Å². The highest BCUT2D eigenvalue weighted by Crippen LogP contribution is 2.25. The van der Waals surface area contributed by atoms with Crippen LogP contribution < -0.4 is 9.47 Å². The Morgan fingerprint density at radius 2 is 0.949 bits per heavy atom. The molecular weight excluding hydrogens is 487 g/mol. The second-order valence-corrected chi connectivity index (χ2v) is 10.9. The molecule has 220 valence electrons. The van der Waals surface area contributed by atoms with Gasteiger partial charge in [-0.05, 0) is 25.0 Å². The molecular formula is C34H55FN2O2. The van der Waals surface area contributed by atoms with E-state index in [1.807, 2.05) is 0 Å². The van der Waals surface area contributed by atoms with Gasteiger partial charge in [0.1, 0.15) is 11.6 Å². The minimum Gasteiger partial charge on any atom is -0.493 e. The molecule has 0 atom stereocenters. The smallest absolute Gasteiger partial charge is 0.162 e. The minimum atomic E-state index is -0.366. The topological polar surface area (TPSA) is 44.2 Å². The molecule has 0 amide bonds. The summed E-state index contributed by atoms with van der Waals surface area (Å²) in [6.07, 6.45) is 29.1. The lowest BCUT2D eigenvalue weighted by Gasteiger charge is -2.09. The van der Waals surface area contributed by atoms with Crippen LogP contribution in [0, 0.1) is 5.82 Å². The number of benzene rings is 1. The molecule has 2 rings (SSSR count). The predicted octanol–water partition coefficient (Wildman–Crippen LogP) is 10.9. The normalized spacial score (nSPS) is 11.2. The summed E-state index contributed by atoms with van der Waals surface area (Å²) in [7, 11) is 0. The van der Waals surface area contributed by atoms with Crippen molar-refractivity contribution in [2.24, 2.45) is 0 Å². The number of aromatic nitrogens is 2. The van der Waals surface area contributed by atoms with Gasteiger partial charge in [-0.2, -0.15) is 0 Å². The molecule has 0 aliphatic rings. The Morgan fingerprint density at radius 1 is 0.538 bits per heavy atom. The van der Waals surface area contributed by atoms with Crippen LogP contribution in [0.4, 0.5) is 4.39 Å². The fraction of sp³-hybridized carbons (Fsp3) is 0.706. The Hall–Kier alpha value is -2.17. The zero-order valence-electron chi connectivity index (χ0n) is 25.0. The Kier molecular flexibility index (Phi) is 19.2. The van der Waals surface area contributed by atoms with E-state index in [9.17, 15) is 4.39 Å². The van der Waals surface area contributed by atoms with Crippen LogP contribution in [0.15, 0.2) is 30.6 Å². The number of unbranched alkanes of at least 4 members (excludes halogenated alkanes) is 18.